The van der Waals surface area contributed by atoms with E-state index in [1.54, 1.807) is 7.11 Å². The summed E-state index contributed by atoms with van der Waals surface area (Å²) in [4.78, 5) is 11.5. The normalized spacial score (nSPS) is 21.8. The van der Waals surface area contributed by atoms with Crippen molar-refractivity contribution < 1.29 is 23.4 Å². The van der Waals surface area contributed by atoms with Crippen molar-refractivity contribution >= 4 is 24.7 Å². The molecule has 0 bridgehead atoms. The Balaban J connectivity index is 1.83. The molecule has 174 valence electrons. The van der Waals surface area contributed by atoms with Gasteiger partial charge in [-0.25, -0.2) is 0 Å². The number of hydrogen-bond acceptors (Lipinski definition) is 5. The van der Waals surface area contributed by atoms with Gasteiger partial charge in [-0.2, -0.15) is 0 Å². The first-order valence-electron chi connectivity index (χ1n) is 11.4. The van der Waals surface area contributed by atoms with Crippen LogP contribution in [0, 0.1) is 0 Å². The number of hydrogen-bond donors (Lipinski definition) is 0. The Labute approximate surface area is 193 Å². The highest BCUT2D eigenvalue weighted by Crippen LogP contribution is 2.37. The molecule has 0 unspecified atom stereocenters. The van der Waals surface area contributed by atoms with Crippen LogP contribution in [0.2, 0.25) is 5.04 Å². The number of carbonyl (C=O) groups is 1. The molecule has 3 atom stereocenters. The SMILES string of the molecule is CO[C@@H]1C[C@H](OC(C)=O)C[C@H](CCO[Si](c2ccccc2)(c2ccccc2)C(C)(C)C)O1. The molecule has 2 aromatic rings. The molecule has 1 fully saturated rings. The van der Waals surface area contributed by atoms with E-state index in [1.807, 2.05) is 12.1 Å². The van der Waals surface area contributed by atoms with Crippen LogP contribution in [-0.2, 0) is 23.4 Å². The van der Waals surface area contributed by atoms with Crippen molar-refractivity contribution in [2.75, 3.05) is 13.7 Å². The van der Waals surface area contributed by atoms with Crippen molar-refractivity contribution in [2.24, 2.45) is 0 Å². The summed E-state index contributed by atoms with van der Waals surface area (Å²) in [5, 5.41) is 2.45. The molecule has 1 aliphatic heterocycles. The van der Waals surface area contributed by atoms with E-state index in [2.05, 4.69) is 69.3 Å². The van der Waals surface area contributed by atoms with Gasteiger partial charge in [-0.3, -0.25) is 4.79 Å². The molecule has 0 radical (unpaired) electrons. The summed E-state index contributed by atoms with van der Waals surface area (Å²) < 4.78 is 23.9. The molecule has 0 amide bonds. The second-order valence-electron chi connectivity index (χ2n) is 9.43. The molecular weight excluding hydrogens is 420 g/mol. The average molecular weight is 457 g/mol. The summed E-state index contributed by atoms with van der Waals surface area (Å²) in [6.07, 6.45) is 1.28. The molecule has 1 heterocycles. The molecule has 0 spiro atoms. The lowest BCUT2D eigenvalue weighted by Gasteiger charge is -2.43. The monoisotopic (exact) mass is 456 g/mol. The Kier molecular flexibility index (Phi) is 8.28. The van der Waals surface area contributed by atoms with Crippen molar-refractivity contribution in [3.8, 4) is 0 Å². The van der Waals surface area contributed by atoms with E-state index in [9.17, 15) is 4.79 Å². The van der Waals surface area contributed by atoms with Crippen LogP contribution in [0.25, 0.3) is 0 Å². The minimum atomic E-state index is -2.57. The first kappa shape index (κ1) is 24.6. The molecule has 5 nitrogen and oxygen atoms in total. The fourth-order valence-electron chi connectivity index (χ4n) is 4.70. The van der Waals surface area contributed by atoms with Gasteiger partial charge in [0.05, 0.1) is 6.10 Å². The summed E-state index contributed by atoms with van der Waals surface area (Å²) >= 11 is 0. The molecular formula is C26H36O5Si. The van der Waals surface area contributed by atoms with Gasteiger partial charge in [0.2, 0.25) is 0 Å². The first-order chi connectivity index (χ1) is 15.3. The van der Waals surface area contributed by atoms with Gasteiger partial charge in [0, 0.05) is 33.5 Å². The van der Waals surface area contributed by atoms with Crippen molar-refractivity contribution in [1.82, 2.24) is 0 Å². The maximum atomic E-state index is 11.5. The second-order valence-corrected chi connectivity index (χ2v) is 13.7. The highest BCUT2D eigenvalue weighted by atomic mass is 28.4. The van der Waals surface area contributed by atoms with E-state index >= 15 is 0 Å². The second kappa shape index (κ2) is 10.7. The van der Waals surface area contributed by atoms with Gasteiger partial charge in [0.1, 0.15) is 6.10 Å². The Morgan fingerprint density at radius 1 is 1.00 bits per heavy atom. The Morgan fingerprint density at radius 3 is 2.03 bits per heavy atom. The van der Waals surface area contributed by atoms with Crippen LogP contribution in [0.1, 0.15) is 47.0 Å². The third kappa shape index (κ3) is 5.67. The van der Waals surface area contributed by atoms with Gasteiger partial charge in [0.15, 0.2) is 6.29 Å². The molecule has 32 heavy (non-hydrogen) atoms. The standard InChI is InChI=1S/C26H36O5Si/c1-20(27)30-22-18-21(31-25(19-22)28-5)16-17-29-32(26(2,3)4,23-12-8-6-9-13-23)24-14-10-7-11-15-24/h6-15,21-22,25H,16-19H2,1-5H3/t21-,22+,25-/m0/s1. The highest BCUT2D eigenvalue weighted by Gasteiger charge is 2.50. The number of esters is 1. The summed E-state index contributed by atoms with van der Waals surface area (Å²) in [5.74, 6) is -0.269. The van der Waals surface area contributed by atoms with Gasteiger partial charge in [-0.15, -0.1) is 0 Å². The van der Waals surface area contributed by atoms with Gasteiger partial charge in [-0.05, 0) is 21.8 Å². The molecule has 6 heteroatoms. The average Bonchev–Trinajstić information content (AvgIpc) is 2.76. The van der Waals surface area contributed by atoms with E-state index in [0.29, 0.717) is 25.9 Å². The van der Waals surface area contributed by atoms with Crippen LogP contribution in [0.4, 0.5) is 0 Å². The van der Waals surface area contributed by atoms with Crippen LogP contribution < -0.4 is 10.4 Å². The zero-order chi connectivity index (χ0) is 23.2. The first-order valence-corrected chi connectivity index (χ1v) is 13.3. The zero-order valence-corrected chi connectivity index (χ0v) is 20.9. The Hall–Kier alpha value is -1.99. The lowest BCUT2D eigenvalue weighted by molar-refractivity contribution is -0.212. The van der Waals surface area contributed by atoms with Crippen molar-refractivity contribution in [3.63, 3.8) is 0 Å². The summed E-state index contributed by atoms with van der Waals surface area (Å²) in [6.45, 7) is 8.82. The van der Waals surface area contributed by atoms with E-state index in [0.717, 1.165) is 0 Å². The Bertz CT molecular complexity index is 810. The van der Waals surface area contributed by atoms with E-state index < -0.39 is 8.32 Å². The molecule has 3 rings (SSSR count). The number of benzene rings is 2. The van der Waals surface area contributed by atoms with Crippen LogP contribution in [0.3, 0.4) is 0 Å². The van der Waals surface area contributed by atoms with Crippen LogP contribution in [0.5, 0.6) is 0 Å². The third-order valence-electron chi connectivity index (χ3n) is 6.10. The smallest absolute Gasteiger partial charge is 0.302 e. The van der Waals surface area contributed by atoms with E-state index in [-0.39, 0.29) is 29.5 Å². The van der Waals surface area contributed by atoms with Gasteiger partial charge in [0.25, 0.3) is 8.32 Å². The molecule has 0 aromatic heterocycles. The molecule has 0 N–H and O–H groups in total. The lowest BCUT2D eigenvalue weighted by atomic mass is 10.0. The fraction of sp³-hybridized carbons (Fsp3) is 0.500. The van der Waals surface area contributed by atoms with E-state index in [1.165, 1.54) is 17.3 Å². The summed E-state index contributed by atoms with van der Waals surface area (Å²) in [6, 6.07) is 21.2. The summed E-state index contributed by atoms with van der Waals surface area (Å²) in [7, 11) is -0.953. The van der Waals surface area contributed by atoms with E-state index in [4.69, 9.17) is 18.6 Å². The minimum Gasteiger partial charge on any atom is -0.462 e. The predicted molar refractivity (Wildman–Crippen MR) is 129 cm³/mol. The van der Waals surface area contributed by atoms with Crippen LogP contribution in [0.15, 0.2) is 60.7 Å². The predicted octanol–water partition coefficient (Wildman–Crippen LogP) is 4.04. The third-order valence-corrected chi connectivity index (χ3v) is 11.1. The fourth-order valence-corrected chi connectivity index (χ4v) is 9.28. The van der Waals surface area contributed by atoms with Crippen LogP contribution in [-0.4, -0.2) is 46.5 Å². The summed E-state index contributed by atoms with van der Waals surface area (Å²) in [5.41, 5.74) is 0. The van der Waals surface area contributed by atoms with Crippen molar-refractivity contribution in [2.45, 2.75) is 70.5 Å². The van der Waals surface area contributed by atoms with Gasteiger partial charge >= 0.3 is 5.97 Å². The van der Waals surface area contributed by atoms with Gasteiger partial charge < -0.3 is 18.6 Å². The highest BCUT2D eigenvalue weighted by molar-refractivity contribution is 6.99. The number of rotatable bonds is 8. The lowest BCUT2D eigenvalue weighted by Crippen LogP contribution is -2.66. The molecule has 0 saturated carbocycles. The Morgan fingerprint density at radius 2 is 1.56 bits per heavy atom. The minimum absolute atomic E-state index is 0.0710. The number of carbonyl (C=O) groups excluding carboxylic acids is 1. The largest absolute Gasteiger partial charge is 0.462 e. The molecule has 1 aliphatic rings. The van der Waals surface area contributed by atoms with Crippen molar-refractivity contribution in [3.05, 3.63) is 60.7 Å². The maximum Gasteiger partial charge on any atom is 0.302 e. The number of ether oxygens (including phenoxy) is 3. The van der Waals surface area contributed by atoms with Crippen LogP contribution >= 0.6 is 0 Å². The van der Waals surface area contributed by atoms with Crippen molar-refractivity contribution in [1.29, 1.82) is 0 Å². The number of methoxy groups -OCH3 is 1. The zero-order valence-electron chi connectivity index (χ0n) is 19.9. The maximum absolute atomic E-state index is 11.5. The topological polar surface area (TPSA) is 54.0 Å². The molecule has 0 aliphatic carbocycles. The molecule has 1 saturated heterocycles. The van der Waals surface area contributed by atoms with Gasteiger partial charge in [-0.1, -0.05) is 81.4 Å². The quantitative estimate of drug-likeness (QED) is 0.443. The molecule has 2 aromatic carbocycles.